The van der Waals surface area contributed by atoms with Crippen molar-refractivity contribution >= 4 is 47.8 Å². The van der Waals surface area contributed by atoms with Crippen LogP contribution in [0, 0.1) is 5.41 Å². The van der Waals surface area contributed by atoms with Gasteiger partial charge in [-0.05, 0) is 13.8 Å². The monoisotopic (exact) mass is 472 g/mol. The highest BCUT2D eigenvalue weighted by atomic mass is 16.5. The summed E-state index contributed by atoms with van der Waals surface area (Å²) in [5.74, 6) is -9.06. The van der Waals surface area contributed by atoms with E-state index in [4.69, 9.17) is 30.6 Å². The maximum absolute atomic E-state index is 10.1. The number of hydrogen-bond donors (Lipinski definition) is 6. The number of ether oxygens (including phenoxy) is 2. The first-order valence-corrected chi connectivity index (χ1v) is 7.82. The summed E-state index contributed by atoms with van der Waals surface area (Å²) in [7, 11) is 2.29. The molecule has 16 heteroatoms. The second-order valence-electron chi connectivity index (χ2n) is 5.49. The van der Waals surface area contributed by atoms with E-state index in [1.54, 1.807) is 0 Å². The van der Waals surface area contributed by atoms with E-state index < -0.39 is 72.4 Å². The highest BCUT2D eigenvalue weighted by Crippen LogP contribution is 2.14. The normalized spacial score (nSPS) is 8.88. The Morgan fingerprint density at radius 1 is 0.531 bits per heavy atom. The van der Waals surface area contributed by atoms with Crippen molar-refractivity contribution in [2.75, 3.05) is 14.2 Å². The lowest BCUT2D eigenvalue weighted by molar-refractivity contribution is -0.162. The minimum Gasteiger partial charge on any atom is -0.481 e. The fourth-order valence-corrected chi connectivity index (χ4v) is 0.612. The van der Waals surface area contributed by atoms with Crippen LogP contribution in [-0.2, 0) is 47.8 Å². The third-order valence-electron chi connectivity index (χ3n) is 2.42. The van der Waals surface area contributed by atoms with Crippen LogP contribution in [0.1, 0.15) is 33.1 Å². The van der Waals surface area contributed by atoms with E-state index in [0.717, 1.165) is 28.1 Å². The zero-order valence-electron chi connectivity index (χ0n) is 17.4. The van der Waals surface area contributed by atoms with E-state index in [0.29, 0.717) is 0 Å². The number of carboxylic acid groups (broad SMARTS) is 6. The first-order valence-electron chi connectivity index (χ1n) is 7.82. The molecule has 0 amide bonds. The van der Waals surface area contributed by atoms with E-state index in [9.17, 15) is 38.4 Å². The first-order chi connectivity index (χ1) is 14.3. The smallest absolute Gasteiger partial charge is 0.320 e. The molecular weight excluding hydrogens is 448 g/mol. The summed E-state index contributed by atoms with van der Waals surface area (Å²) >= 11 is 0. The van der Waals surface area contributed by atoms with Crippen LogP contribution in [0.25, 0.3) is 0 Å². The van der Waals surface area contributed by atoms with Crippen LogP contribution in [0.2, 0.25) is 0 Å². The van der Waals surface area contributed by atoms with Gasteiger partial charge >= 0.3 is 47.8 Å². The molecule has 0 heterocycles. The number of methoxy groups -OCH3 is 2. The lowest BCUT2D eigenvalue weighted by Gasteiger charge is -2.10. The molecule has 0 aromatic carbocycles. The predicted molar refractivity (Wildman–Crippen MR) is 97.5 cm³/mol. The van der Waals surface area contributed by atoms with Gasteiger partial charge < -0.3 is 40.1 Å². The zero-order valence-corrected chi connectivity index (χ0v) is 17.4. The van der Waals surface area contributed by atoms with Crippen LogP contribution in [0.4, 0.5) is 0 Å². The highest BCUT2D eigenvalue weighted by molar-refractivity contribution is 5.97. The van der Waals surface area contributed by atoms with Gasteiger partial charge in [0, 0.05) is 0 Å². The van der Waals surface area contributed by atoms with Crippen molar-refractivity contribution in [3.8, 4) is 0 Å². The van der Waals surface area contributed by atoms with Crippen LogP contribution in [-0.4, -0.2) is 92.6 Å². The summed E-state index contributed by atoms with van der Waals surface area (Å²) in [5.41, 5.74) is -1.67. The van der Waals surface area contributed by atoms with Gasteiger partial charge in [-0.3, -0.25) is 38.4 Å². The maximum atomic E-state index is 10.1. The molecule has 0 saturated heterocycles. The largest absolute Gasteiger partial charge is 0.481 e. The molecule has 0 aromatic heterocycles. The van der Waals surface area contributed by atoms with Gasteiger partial charge in [0.1, 0.15) is 19.3 Å². The van der Waals surface area contributed by atoms with E-state index >= 15 is 0 Å². The number of carbonyl (C=O) groups is 8. The number of esters is 2. The Labute approximate surface area is 180 Å². The summed E-state index contributed by atoms with van der Waals surface area (Å²) in [6.07, 6.45) is -1.92. The van der Waals surface area contributed by atoms with Gasteiger partial charge in [-0.1, -0.05) is 0 Å². The van der Waals surface area contributed by atoms with Gasteiger partial charge in [-0.15, -0.1) is 0 Å². The van der Waals surface area contributed by atoms with Crippen LogP contribution in [0.3, 0.4) is 0 Å². The molecule has 0 bridgehead atoms. The summed E-state index contributed by atoms with van der Waals surface area (Å²) in [6.45, 7) is 2.27. The fraction of sp³-hybridized carbons (Fsp3) is 0.500. The minimum absolute atomic E-state index is 0.559. The third-order valence-corrected chi connectivity index (χ3v) is 2.42. The Morgan fingerprint density at radius 3 is 0.781 bits per heavy atom. The molecule has 184 valence electrons. The van der Waals surface area contributed by atoms with Crippen molar-refractivity contribution in [2.45, 2.75) is 33.1 Å². The van der Waals surface area contributed by atoms with E-state index in [-0.39, 0.29) is 0 Å². The van der Waals surface area contributed by atoms with Crippen molar-refractivity contribution in [1.82, 2.24) is 0 Å². The van der Waals surface area contributed by atoms with Crippen molar-refractivity contribution in [3.05, 3.63) is 0 Å². The Kier molecular flexibility index (Phi) is 20.7. The molecule has 0 rings (SSSR count). The molecule has 0 atom stereocenters. The number of rotatable bonds is 8. The van der Waals surface area contributed by atoms with Crippen LogP contribution in [0.15, 0.2) is 0 Å². The summed E-state index contributed by atoms with van der Waals surface area (Å²) in [6, 6.07) is 0. The summed E-state index contributed by atoms with van der Waals surface area (Å²) < 4.78 is 8.08. The maximum Gasteiger partial charge on any atom is 0.320 e. The minimum atomic E-state index is -1.67. The Hall–Kier alpha value is -4.24. The van der Waals surface area contributed by atoms with Crippen molar-refractivity contribution in [3.63, 3.8) is 0 Å². The topological polar surface area (TPSA) is 276 Å². The van der Waals surface area contributed by atoms with Crippen LogP contribution in [0.5, 0.6) is 0 Å². The molecule has 0 aliphatic carbocycles. The average Bonchev–Trinajstić information content (AvgIpc) is 2.60. The zero-order chi connectivity index (χ0) is 26.7. The molecule has 6 N–H and O–H groups in total. The fourth-order valence-electron chi connectivity index (χ4n) is 0.612. The molecule has 0 fully saturated rings. The van der Waals surface area contributed by atoms with Crippen LogP contribution < -0.4 is 0 Å². The van der Waals surface area contributed by atoms with Crippen molar-refractivity contribution in [1.29, 1.82) is 0 Å². The molecule has 0 radical (unpaired) electrons. The lowest BCUT2D eigenvalue weighted by atomic mass is 9.95. The van der Waals surface area contributed by atoms with E-state index in [1.807, 2.05) is 0 Å². The van der Waals surface area contributed by atoms with Gasteiger partial charge in [-0.2, -0.15) is 0 Å². The van der Waals surface area contributed by atoms with E-state index in [1.165, 1.54) is 0 Å². The standard InChI is InChI=1S/C5H8O4.2C4H6O4.C3H4O4/c1-5(2,3(6)7)4(8)9;2*1-8-4(7)2-3(5)6;4-2(5)1-3(6)7/h1-2H3,(H,6,7)(H,8,9);2*2H2,1H3,(H,5,6);1H2,(H,4,5)(H,6,7). The number of carbonyl (C=O) groups excluding carboxylic acids is 2. The number of carboxylic acids is 6. The Morgan fingerprint density at radius 2 is 0.750 bits per heavy atom. The van der Waals surface area contributed by atoms with Gasteiger partial charge in [0.25, 0.3) is 0 Å². The molecule has 0 aromatic rings. The van der Waals surface area contributed by atoms with Gasteiger partial charge in [-0.25, -0.2) is 0 Å². The van der Waals surface area contributed by atoms with Crippen LogP contribution >= 0.6 is 0 Å². The molecule has 0 spiro atoms. The van der Waals surface area contributed by atoms with E-state index in [2.05, 4.69) is 9.47 Å². The number of hydrogen-bond acceptors (Lipinski definition) is 10. The van der Waals surface area contributed by atoms with Crippen molar-refractivity contribution < 1.29 is 78.5 Å². The second kappa shape index (κ2) is 18.8. The van der Waals surface area contributed by atoms with Gasteiger partial charge in [0.2, 0.25) is 0 Å². The van der Waals surface area contributed by atoms with Gasteiger partial charge in [0.15, 0.2) is 5.41 Å². The molecule has 32 heavy (non-hydrogen) atoms. The first kappa shape index (κ1) is 35.2. The molecule has 0 aliphatic rings. The molecule has 0 saturated carbocycles. The summed E-state index contributed by atoms with van der Waals surface area (Å²) in [4.78, 5) is 78.4. The third kappa shape index (κ3) is 28.0. The van der Waals surface area contributed by atoms with Gasteiger partial charge in [0.05, 0.1) is 14.2 Å². The lowest BCUT2D eigenvalue weighted by Crippen LogP contribution is -2.32. The Balaban J connectivity index is -0.000000164. The second-order valence-corrected chi connectivity index (χ2v) is 5.49. The molecular formula is C16H24O16. The number of aliphatic carboxylic acids is 6. The molecule has 0 unspecified atom stereocenters. The highest BCUT2D eigenvalue weighted by Gasteiger charge is 2.35. The summed E-state index contributed by atoms with van der Waals surface area (Å²) in [5, 5.41) is 47.7. The Bertz CT molecular complexity index is 634. The molecule has 0 aliphatic heterocycles. The van der Waals surface area contributed by atoms with Crippen molar-refractivity contribution in [2.24, 2.45) is 5.41 Å². The average molecular weight is 472 g/mol. The quantitative estimate of drug-likeness (QED) is 0.182. The molecule has 16 nitrogen and oxygen atoms in total. The SMILES string of the molecule is CC(C)(C(=O)O)C(=O)O.COC(=O)CC(=O)O.COC(=O)CC(=O)O.O=C(O)CC(=O)O. The predicted octanol–water partition coefficient (Wildman–Crippen LogP) is -1.00.